The Hall–Kier alpha value is -2.16. The zero-order chi connectivity index (χ0) is 14.5. The molecule has 0 fully saturated rings. The molecule has 1 heterocycles. The summed E-state index contributed by atoms with van der Waals surface area (Å²) in [6, 6.07) is 12.5. The third-order valence-corrected chi connectivity index (χ3v) is 4.17. The number of amides is 1. The van der Waals surface area contributed by atoms with Gasteiger partial charge in [0.05, 0.1) is 0 Å². The fourth-order valence-corrected chi connectivity index (χ4v) is 3.05. The summed E-state index contributed by atoms with van der Waals surface area (Å²) in [5, 5.41) is 3.03. The van der Waals surface area contributed by atoms with Crippen molar-refractivity contribution in [2.24, 2.45) is 0 Å². The molecule has 0 bridgehead atoms. The van der Waals surface area contributed by atoms with Crippen molar-refractivity contribution in [3.05, 3.63) is 65.5 Å². The molecule has 3 nitrogen and oxygen atoms in total. The van der Waals surface area contributed by atoms with Gasteiger partial charge in [0.2, 0.25) is 5.91 Å². The lowest BCUT2D eigenvalue weighted by Gasteiger charge is -2.11. The van der Waals surface area contributed by atoms with E-state index in [1.54, 1.807) is 12.4 Å². The first-order valence-electron chi connectivity index (χ1n) is 7.56. The molecule has 1 atom stereocenters. The van der Waals surface area contributed by atoms with Gasteiger partial charge >= 0.3 is 0 Å². The smallest absolute Gasteiger partial charge is 0.220 e. The number of pyridine rings is 1. The monoisotopic (exact) mass is 280 g/mol. The maximum absolute atomic E-state index is 12.1. The van der Waals surface area contributed by atoms with E-state index < -0.39 is 0 Å². The maximum Gasteiger partial charge on any atom is 0.220 e. The van der Waals surface area contributed by atoms with E-state index in [9.17, 15) is 4.79 Å². The minimum Gasteiger partial charge on any atom is -0.356 e. The molecule has 0 saturated heterocycles. The van der Waals surface area contributed by atoms with Crippen LogP contribution in [0.1, 0.15) is 35.4 Å². The van der Waals surface area contributed by atoms with Gasteiger partial charge in [-0.15, -0.1) is 0 Å². The van der Waals surface area contributed by atoms with E-state index in [0.29, 0.717) is 18.9 Å². The Morgan fingerprint density at radius 3 is 2.86 bits per heavy atom. The van der Waals surface area contributed by atoms with Crippen molar-refractivity contribution in [3.63, 3.8) is 0 Å². The van der Waals surface area contributed by atoms with E-state index >= 15 is 0 Å². The Balaban J connectivity index is 1.47. The number of fused-ring (bicyclic) bond motifs is 1. The van der Waals surface area contributed by atoms with Crippen LogP contribution in [0.4, 0.5) is 0 Å². The van der Waals surface area contributed by atoms with E-state index in [-0.39, 0.29) is 5.91 Å². The quantitative estimate of drug-likeness (QED) is 0.915. The van der Waals surface area contributed by atoms with Gasteiger partial charge in [-0.3, -0.25) is 9.78 Å². The minimum absolute atomic E-state index is 0.158. The van der Waals surface area contributed by atoms with Gasteiger partial charge in [-0.2, -0.15) is 0 Å². The summed E-state index contributed by atoms with van der Waals surface area (Å²) in [5.41, 5.74) is 3.98. The van der Waals surface area contributed by atoms with Gasteiger partial charge in [-0.05, 0) is 54.0 Å². The lowest BCUT2D eigenvalue weighted by Crippen LogP contribution is -2.26. The van der Waals surface area contributed by atoms with Gasteiger partial charge in [0.25, 0.3) is 0 Å². The minimum atomic E-state index is 0.158. The number of hydrogen-bond acceptors (Lipinski definition) is 2. The summed E-state index contributed by atoms with van der Waals surface area (Å²) in [5.74, 6) is 0.549. The van der Waals surface area contributed by atoms with Crippen molar-refractivity contribution in [1.82, 2.24) is 10.3 Å². The zero-order valence-corrected chi connectivity index (χ0v) is 12.1. The Labute approximate surface area is 125 Å². The molecule has 21 heavy (non-hydrogen) atoms. The highest BCUT2D eigenvalue weighted by molar-refractivity contribution is 5.77. The number of carbonyl (C=O) groups excluding carboxylic acids is 1. The van der Waals surface area contributed by atoms with Gasteiger partial charge in [0.1, 0.15) is 0 Å². The third-order valence-electron chi connectivity index (χ3n) is 4.17. The molecule has 0 unspecified atom stereocenters. The first-order valence-corrected chi connectivity index (χ1v) is 7.56. The standard InChI is InChI=1S/C18H20N2O/c21-18(20-12-9-14-7-10-19-11-8-14)13-16-6-5-15-3-1-2-4-17(15)16/h1-4,7-8,10-11,16H,5-6,9,12-13H2,(H,20,21)/t16-/m0/s1. The van der Waals surface area contributed by atoms with E-state index in [2.05, 4.69) is 34.6 Å². The molecule has 0 saturated carbocycles. The Morgan fingerprint density at radius 2 is 2.00 bits per heavy atom. The van der Waals surface area contributed by atoms with Gasteiger partial charge in [-0.1, -0.05) is 24.3 Å². The molecule has 1 amide bonds. The van der Waals surface area contributed by atoms with Crippen molar-refractivity contribution in [1.29, 1.82) is 0 Å². The number of aryl methyl sites for hydroxylation is 1. The fourth-order valence-electron chi connectivity index (χ4n) is 3.05. The summed E-state index contributed by atoms with van der Waals surface area (Å²) in [4.78, 5) is 16.1. The highest BCUT2D eigenvalue weighted by Gasteiger charge is 2.23. The van der Waals surface area contributed by atoms with Crippen molar-refractivity contribution >= 4 is 5.91 Å². The first kappa shape index (κ1) is 13.8. The highest BCUT2D eigenvalue weighted by atomic mass is 16.1. The normalized spacial score (nSPS) is 16.5. The predicted molar refractivity (Wildman–Crippen MR) is 83.1 cm³/mol. The molecule has 1 aliphatic carbocycles. The molecule has 3 heteroatoms. The van der Waals surface area contributed by atoms with Crippen LogP contribution in [0.25, 0.3) is 0 Å². The number of nitrogens with one attached hydrogen (secondary N) is 1. The zero-order valence-electron chi connectivity index (χ0n) is 12.1. The number of rotatable bonds is 5. The van der Waals surface area contributed by atoms with Gasteiger partial charge in [0.15, 0.2) is 0 Å². The number of benzene rings is 1. The summed E-state index contributed by atoms with van der Waals surface area (Å²) in [6.45, 7) is 0.692. The van der Waals surface area contributed by atoms with Crippen LogP contribution in [0.15, 0.2) is 48.8 Å². The summed E-state index contributed by atoms with van der Waals surface area (Å²) in [7, 11) is 0. The van der Waals surface area contributed by atoms with Crippen LogP contribution < -0.4 is 5.32 Å². The Kier molecular flexibility index (Phi) is 4.29. The second-order valence-corrected chi connectivity index (χ2v) is 5.59. The number of carbonyl (C=O) groups is 1. The van der Waals surface area contributed by atoms with Crippen molar-refractivity contribution in [2.75, 3.05) is 6.54 Å². The van der Waals surface area contributed by atoms with Crippen LogP contribution in [-0.2, 0) is 17.6 Å². The van der Waals surface area contributed by atoms with Crippen LogP contribution in [0.2, 0.25) is 0 Å². The van der Waals surface area contributed by atoms with Crippen LogP contribution in [-0.4, -0.2) is 17.4 Å². The molecule has 3 rings (SSSR count). The maximum atomic E-state index is 12.1. The van der Waals surface area contributed by atoms with Crippen LogP contribution in [0.3, 0.4) is 0 Å². The van der Waals surface area contributed by atoms with E-state index in [1.165, 1.54) is 16.7 Å². The van der Waals surface area contributed by atoms with Gasteiger partial charge in [0, 0.05) is 25.4 Å². The summed E-state index contributed by atoms with van der Waals surface area (Å²) >= 11 is 0. The lowest BCUT2D eigenvalue weighted by molar-refractivity contribution is -0.121. The van der Waals surface area contributed by atoms with Gasteiger partial charge in [-0.25, -0.2) is 0 Å². The summed E-state index contributed by atoms with van der Waals surface area (Å²) in [6.07, 6.45) is 7.23. The Morgan fingerprint density at radius 1 is 1.19 bits per heavy atom. The molecule has 0 radical (unpaired) electrons. The first-order chi connectivity index (χ1) is 10.3. The number of aromatic nitrogens is 1. The molecule has 1 aromatic carbocycles. The fraction of sp³-hybridized carbons (Fsp3) is 0.333. The second-order valence-electron chi connectivity index (χ2n) is 5.59. The molecular formula is C18H20N2O. The number of nitrogens with zero attached hydrogens (tertiary/aromatic N) is 1. The molecule has 108 valence electrons. The van der Waals surface area contributed by atoms with Gasteiger partial charge < -0.3 is 5.32 Å². The SMILES string of the molecule is O=C(C[C@@H]1CCc2ccccc21)NCCc1ccncc1. The molecule has 1 N–H and O–H groups in total. The molecule has 2 aromatic rings. The highest BCUT2D eigenvalue weighted by Crippen LogP contribution is 2.34. The molecule has 1 aliphatic rings. The third kappa shape index (κ3) is 3.48. The van der Waals surface area contributed by atoms with Crippen LogP contribution >= 0.6 is 0 Å². The van der Waals surface area contributed by atoms with E-state index in [1.807, 2.05) is 12.1 Å². The molecular weight excluding hydrogens is 260 g/mol. The largest absolute Gasteiger partial charge is 0.356 e. The topological polar surface area (TPSA) is 42.0 Å². The Bertz CT molecular complexity index is 610. The average molecular weight is 280 g/mol. The van der Waals surface area contributed by atoms with E-state index in [0.717, 1.165) is 19.3 Å². The molecule has 1 aromatic heterocycles. The number of hydrogen-bond donors (Lipinski definition) is 1. The average Bonchev–Trinajstić information content (AvgIpc) is 2.92. The van der Waals surface area contributed by atoms with E-state index in [4.69, 9.17) is 0 Å². The van der Waals surface area contributed by atoms with Crippen molar-refractivity contribution in [2.45, 2.75) is 31.6 Å². The lowest BCUT2D eigenvalue weighted by atomic mass is 9.97. The van der Waals surface area contributed by atoms with Crippen molar-refractivity contribution < 1.29 is 4.79 Å². The molecule has 0 spiro atoms. The summed E-state index contributed by atoms with van der Waals surface area (Å²) < 4.78 is 0. The van der Waals surface area contributed by atoms with Crippen LogP contribution in [0, 0.1) is 0 Å². The second kappa shape index (κ2) is 6.53. The van der Waals surface area contributed by atoms with Crippen molar-refractivity contribution in [3.8, 4) is 0 Å². The van der Waals surface area contributed by atoms with Crippen LogP contribution in [0.5, 0.6) is 0 Å². The molecule has 0 aliphatic heterocycles. The predicted octanol–water partition coefficient (Wildman–Crippen LogP) is 2.86.